The fourth-order valence-corrected chi connectivity index (χ4v) is 3.01. The lowest BCUT2D eigenvalue weighted by Gasteiger charge is -2.10. The van der Waals surface area contributed by atoms with Crippen LogP contribution >= 0.6 is 11.3 Å². The van der Waals surface area contributed by atoms with Crippen molar-refractivity contribution in [3.63, 3.8) is 0 Å². The number of hydrogen-bond acceptors (Lipinski definition) is 5. The molecule has 0 atom stereocenters. The van der Waals surface area contributed by atoms with Crippen molar-refractivity contribution < 1.29 is 9.53 Å². The van der Waals surface area contributed by atoms with E-state index in [-0.39, 0.29) is 0 Å². The predicted molar refractivity (Wildman–Crippen MR) is 95.1 cm³/mol. The average molecular weight is 324 g/mol. The number of thiazole rings is 1. The van der Waals surface area contributed by atoms with Crippen LogP contribution in [0.1, 0.15) is 12.5 Å². The first-order valence-electron chi connectivity index (χ1n) is 7.20. The molecule has 23 heavy (non-hydrogen) atoms. The average Bonchev–Trinajstić information content (AvgIpc) is 2.99. The number of carbonyl (C=O) groups is 1. The largest absolute Gasteiger partial charge is 0.462 e. The van der Waals surface area contributed by atoms with Gasteiger partial charge in [-0.25, -0.2) is 9.78 Å². The number of esters is 1. The highest BCUT2D eigenvalue weighted by atomic mass is 32.1. The van der Waals surface area contributed by atoms with E-state index in [4.69, 9.17) is 10.5 Å². The van der Waals surface area contributed by atoms with E-state index in [1.165, 1.54) is 11.3 Å². The van der Waals surface area contributed by atoms with E-state index >= 15 is 0 Å². The van der Waals surface area contributed by atoms with Crippen LogP contribution in [0.15, 0.2) is 48.4 Å². The van der Waals surface area contributed by atoms with Crippen molar-refractivity contribution in [1.29, 1.82) is 0 Å². The van der Waals surface area contributed by atoms with E-state index in [0.717, 1.165) is 27.6 Å². The summed E-state index contributed by atoms with van der Waals surface area (Å²) in [5.74, 6) is -0.411. The van der Waals surface area contributed by atoms with Crippen molar-refractivity contribution in [3.8, 4) is 11.3 Å². The van der Waals surface area contributed by atoms with E-state index in [2.05, 4.69) is 11.6 Å². The van der Waals surface area contributed by atoms with Crippen LogP contribution in [0.5, 0.6) is 0 Å². The highest BCUT2D eigenvalue weighted by Gasteiger charge is 2.15. The smallest absolute Gasteiger partial charge is 0.338 e. The second kappa shape index (κ2) is 6.22. The molecule has 3 aromatic rings. The van der Waals surface area contributed by atoms with Gasteiger partial charge in [-0.1, -0.05) is 30.8 Å². The van der Waals surface area contributed by atoms with Gasteiger partial charge in [0.2, 0.25) is 0 Å². The Kier molecular flexibility index (Phi) is 4.12. The molecule has 0 radical (unpaired) electrons. The second-order valence-electron chi connectivity index (χ2n) is 5.01. The Morgan fingerprint density at radius 2 is 2.13 bits per heavy atom. The lowest BCUT2D eigenvalue weighted by atomic mass is 9.96. The summed E-state index contributed by atoms with van der Waals surface area (Å²) in [5.41, 5.74) is 8.54. The summed E-state index contributed by atoms with van der Waals surface area (Å²) in [6, 6.07) is 11.8. The number of fused-ring (bicyclic) bond motifs is 1. The molecule has 0 unspecified atom stereocenters. The Bertz CT molecular complexity index is 899. The third-order valence-corrected chi connectivity index (χ3v) is 4.20. The van der Waals surface area contributed by atoms with Gasteiger partial charge in [-0.3, -0.25) is 0 Å². The summed E-state index contributed by atoms with van der Waals surface area (Å²) in [6.45, 7) is 5.97. The number of nitrogens with zero attached hydrogens (tertiary/aromatic N) is 1. The molecule has 0 spiro atoms. The third kappa shape index (κ3) is 2.96. The Morgan fingerprint density at radius 1 is 1.35 bits per heavy atom. The Hall–Kier alpha value is -2.66. The molecule has 0 amide bonds. The number of anilines is 1. The number of nitrogens with two attached hydrogens (primary N) is 1. The quantitative estimate of drug-likeness (QED) is 0.579. The van der Waals surface area contributed by atoms with Gasteiger partial charge >= 0.3 is 5.97 Å². The summed E-state index contributed by atoms with van der Waals surface area (Å²) in [6.07, 6.45) is 0. The minimum Gasteiger partial charge on any atom is -0.462 e. The lowest BCUT2D eigenvalue weighted by Crippen LogP contribution is -2.06. The molecule has 116 valence electrons. The van der Waals surface area contributed by atoms with Crippen LogP contribution in [0.2, 0.25) is 0 Å². The van der Waals surface area contributed by atoms with Gasteiger partial charge < -0.3 is 10.5 Å². The van der Waals surface area contributed by atoms with Crippen LogP contribution in [0.25, 0.3) is 27.6 Å². The fraction of sp³-hybridized carbons (Fsp3) is 0.111. The van der Waals surface area contributed by atoms with Gasteiger partial charge in [0.15, 0.2) is 5.13 Å². The molecule has 0 saturated heterocycles. The summed E-state index contributed by atoms with van der Waals surface area (Å²) < 4.78 is 5.05. The molecule has 1 aromatic heterocycles. The Labute approximate surface area is 138 Å². The normalized spacial score (nSPS) is 10.7. The van der Waals surface area contributed by atoms with Crippen molar-refractivity contribution >= 4 is 38.8 Å². The maximum atomic E-state index is 12.0. The van der Waals surface area contributed by atoms with Crippen molar-refractivity contribution in [1.82, 2.24) is 4.98 Å². The number of aromatic nitrogens is 1. The van der Waals surface area contributed by atoms with Crippen LogP contribution < -0.4 is 5.73 Å². The first-order chi connectivity index (χ1) is 11.1. The maximum Gasteiger partial charge on any atom is 0.338 e. The highest BCUT2D eigenvalue weighted by Crippen LogP contribution is 2.33. The number of rotatable bonds is 4. The van der Waals surface area contributed by atoms with E-state index in [9.17, 15) is 4.79 Å². The highest BCUT2D eigenvalue weighted by molar-refractivity contribution is 7.13. The summed E-state index contributed by atoms with van der Waals surface area (Å²) >= 11 is 1.39. The molecule has 3 rings (SSSR count). The topological polar surface area (TPSA) is 65.2 Å². The number of hydrogen-bond donors (Lipinski definition) is 1. The number of carbonyl (C=O) groups excluding carboxylic acids is 1. The Morgan fingerprint density at radius 3 is 2.83 bits per heavy atom. The Balaban J connectivity index is 2.18. The van der Waals surface area contributed by atoms with Gasteiger partial charge in [0.25, 0.3) is 0 Å². The van der Waals surface area contributed by atoms with Crippen LogP contribution in [-0.4, -0.2) is 17.6 Å². The van der Waals surface area contributed by atoms with Gasteiger partial charge in [0.1, 0.15) is 0 Å². The molecule has 4 nitrogen and oxygen atoms in total. The first kappa shape index (κ1) is 15.2. The number of nitrogen functional groups attached to an aromatic ring is 1. The van der Waals surface area contributed by atoms with Crippen molar-refractivity contribution in [2.24, 2.45) is 0 Å². The van der Waals surface area contributed by atoms with Gasteiger partial charge in [-0.2, -0.15) is 0 Å². The van der Waals surface area contributed by atoms with E-state index in [1.54, 1.807) is 6.92 Å². The van der Waals surface area contributed by atoms with Gasteiger partial charge in [0.05, 0.1) is 17.9 Å². The minimum atomic E-state index is -0.411. The molecule has 0 aliphatic rings. The van der Waals surface area contributed by atoms with Gasteiger partial charge in [-0.15, -0.1) is 11.3 Å². The summed E-state index contributed by atoms with van der Waals surface area (Å²) in [7, 11) is 0. The van der Waals surface area contributed by atoms with Crippen LogP contribution in [0.3, 0.4) is 0 Å². The standard InChI is InChI=1S/C18H16N2O2S/c1-3-22-17(21)11(2)13-8-12-6-4-5-7-14(12)15(9-13)16-10-23-18(19)20-16/h4-10H,2-3H2,1H3,(H2,19,20). The monoisotopic (exact) mass is 324 g/mol. The molecule has 0 saturated carbocycles. The minimum absolute atomic E-state index is 0.320. The second-order valence-corrected chi connectivity index (χ2v) is 5.90. The molecule has 5 heteroatoms. The number of ether oxygens (including phenoxy) is 1. The SMILES string of the molecule is C=C(C(=O)OCC)c1cc(-c2csc(N)n2)c2ccccc2c1. The van der Waals surface area contributed by atoms with E-state index < -0.39 is 5.97 Å². The molecule has 0 bridgehead atoms. The molecule has 0 aliphatic heterocycles. The van der Waals surface area contributed by atoms with E-state index in [1.807, 2.05) is 41.8 Å². The fourth-order valence-electron chi connectivity index (χ4n) is 2.44. The van der Waals surface area contributed by atoms with Crippen molar-refractivity contribution in [2.45, 2.75) is 6.92 Å². The first-order valence-corrected chi connectivity index (χ1v) is 8.08. The summed E-state index contributed by atoms with van der Waals surface area (Å²) in [4.78, 5) is 16.3. The summed E-state index contributed by atoms with van der Waals surface area (Å²) in [5, 5.41) is 4.49. The molecule has 2 aromatic carbocycles. The maximum absolute atomic E-state index is 12.0. The third-order valence-electron chi connectivity index (χ3n) is 3.53. The van der Waals surface area contributed by atoms with Crippen LogP contribution in [0.4, 0.5) is 5.13 Å². The zero-order valence-electron chi connectivity index (χ0n) is 12.7. The molecule has 0 aliphatic carbocycles. The molecule has 2 N–H and O–H groups in total. The number of benzene rings is 2. The van der Waals surface area contributed by atoms with Crippen LogP contribution in [-0.2, 0) is 9.53 Å². The molecular formula is C18H16N2O2S. The van der Waals surface area contributed by atoms with Crippen LogP contribution in [0, 0.1) is 0 Å². The molecule has 1 heterocycles. The van der Waals surface area contributed by atoms with E-state index in [0.29, 0.717) is 17.3 Å². The lowest BCUT2D eigenvalue weighted by molar-refractivity contribution is -0.136. The molecule has 0 fully saturated rings. The van der Waals surface area contributed by atoms with Gasteiger partial charge in [-0.05, 0) is 35.4 Å². The van der Waals surface area contributed by atoms with Crippen molar-refractivity contribution in [2.75, 3.05) is 12.3 Å². The zero-order valence-corrected chi connectivity index (χ0v) is 13.5. The van der Waals surface area contributed by atoms with Crippen molar-refractivity contribution in [3.05, 3.63) is 53.9 Å². The predicted octanol–water partition coefficient (Wildman–Crippen LogP) is 4.12. The zero-order chi connectivity index (χ0) is 16.4. The molecular weight excluding hydrogens is 308 g/mol. The van der Waals surface area contributed by atoms with Gasteiger partial charge in [0, 0.05) is 10.9 Å².